The van der Waals surface area contributed by atoms with Crippen molar-refractivity contribution in [2.45, 2.75) is 19.9 Å². The van der Waals surface area contributed by atoms with Gasteiger partial charge in [0.25, 0.3) is 0 Å². The first-order valence-corrected chi connectivity index (χ1v) is 4.14. The molecular weight excluding hydrogens is 166 g/mol. The maximum absolute atomic E-state index is 6.69. The van der Waals surface area contributed by atoms with Gasteiger partial charge in [-0.05, 0) is 19.4 Å². The van der Waals surface area contributed by atoms with E-state index in [-0.39, 0.29) is 6.04 Å². The summed E-state index contributed by atoms with van der Waals surface area (Å²) in [6.07, 6.45) is 4.49. The lowest BCUT2D eigenvalue weighted by Crippen LogP contribution is -2.25. The second-order valence-electron chi connectivity index (χ2n) is 2.82. The molecule has 0 rings (SSSR count). The second kappa shape index (κ2) is 7.49. The van der Waals surface area contributed by atoms with Crippen LogP contribution in [0.3, 0.4) is 0 Å². The van der Waals surface area contributed by atoms with Crippen molar-refractivity contribution in [1.82, 2.24) is 5.32 Å². The largest absolute Gasteiger partial charge is 0.386 e. The van der Waals surface area contributed by atoms with Crippen LogP contribution in [0.15, 0.2) is 16.8 Å². The summed E-state index contributed by atoms with van der Waals surface area (Å²) < 4.78 is 4.96. The fraction of sp³-hybridized carbons (Fsp3) is 0.556. The zero-order valence-electron chi connectivity index (χ0n) is 8.37. The van der Waals surface area contributed by atoms with Gasteiger partial charge in [0.15, 0.2) is 0 Å². The summed E-state index contributed by atoms with van der Waals surface area (Å²) in [4.78, 5) is 3.67. The summed E-state index contributed by atoms with van der Waals surface area (Å²) in [6, 6.07) is 0.285. The van der Waals surface area contributed by atoms with Crippen molar-refractivity contribution < 1.29 is 4.74 Å². The molecule has 13 heavy (non-hydrogen) atoms. The molecule has 0 bridgehead atoms. The Morgan fingerprint density at radius 1 is 1.69 bits per heavy atom. The third kappa shape index (κ3) is 7.21. The number of nitrogens with zero attached hydrogens (tertiary/aromatic N) is 1. The average molecular weight is 183 g/mol. The van der Waals surface area contributed by atoms with Crippen molar-refractivity contribution in [3.05, 3.63) is 11.8 Å². The molecule has 0 amide bonds. The first-order chi connectivity index (χ1) is 6.20. The Hall–Kier alpha value is -1.16. The molecule has 0 fully saturated rings. The zero-order valence-corrected chi connectivity index (χ0v) is 8.37. The summed E-state index contributed by atoms with van der Waals surface area (Å²) in [5.41, 5.74) is 0.978. The summed E-state index contributed by atoms with van der Waals surface area (Å²) in [6.45, 7) is 4.62. The third-order valence-corrected chi connectivity index (χ3v) is 1.36. The molecule has 2 N–H and O–H groups in total. The Kier molecular flexibility index (Phi) is 6.82. The van der Waals surface area contributed by atoms with Crippen molar-refractivity contribution in [3.8, 4) is 0 Å². The maximum atomic E-state index is 6.69. The van der Waals surface area contributed by atoms with Crippen LogP contribution in [-0.4, -0.2) is 32.3 Å². The molecule has 0 aromatic rings. The van der Waals surface area contributed by atoms with Crippen LogP contribution in [0.4, 0.5) is 0 Å². The first-order valence-electron chi connectivity index (χ1n) is 4.14. The highest BCUT2D eigenvalue weighted by Crippen LogP contribution is 1.87. The van der Waals surface area contributed by atoms with Gasteiger partial charge in [0, 0.05) is 25.6 Å². The number of nitrogens with one attached hydrogen (secondary N) is 2. The zero-order chi connectivity index (χ0) is 10.1. The van der Waals surface area contributed by atoms with Gasteiger partial charge in [0.05, 0.1) is 6.61 Å². The van der Waals surface area contributed by atoms with Crippen molar-refractivity contribution in [3.63, 3.8) is 0 Å². The Morgan fingerprint density at radius 3 is 2.92 bits per heavy atom. The van der Waals surface area contributed by atoms with E-state index in [0.29, 0.717) is 6.61 Å². The fourth-order valence-corrected chi connectivity index (χ4v) is 0.764. The number of ether oxygens (including phenoxy) is 1. The molecule has 0 unspecified atom stereocenters. The minimum atomic E-state index is 0.285. The summed E-state index contributed by atoms with van der Waals surface area (Å²) in [7, 11) is 1.67. The van der Waals surface area contributed by atoms with Gasteiger partial charge < -0.3 is 10.1 Å². The minimum absolute atomic E-state index is 0.285. The molecule has 0 saturated carbocycles. The van der Waals surface area contributed by atoms with E-state index >= 15 is 0 Å². The molecule has 0 aromatic carbocycles. The maximum Gasteiger partial charge on any atom is 0.106 e. The molecule has 0 radical (unpaired) electrons. The Morgan fingerprint density at radius 2 is 2.38 bits per heavy atom. The van der Waals surface area contributed by atoms with E-state index < -0.39 is 0 Å². The number of hydrogen-bond acceptors (Lipinski definition) is 3. The lowest BCUT2D eigenvalue weighted by atomic mass is 10.3. The van der Waals surface area contributed by atoms with Crippen LogP contribution in [0, 0.1) is 5.41 Å². The summed E-state index contributed by atoms with van der Waals surface area (Å²) in [5.74, 6) is 0. The van der Waals surface area contributed by atoms with E-state index in [1.807, 2.05) is 20.0 Å². The molecule has 4 heteroatoms. The van der Waals surface area contributed by atoms with Gasteiger partial charge >= 0.3 is 0 Å². The number of methoxy groups -OCH3 is 1. The minimum Gasteiger partial charge on any atom is -0.386 e. The van der Waals surface area contributed by atoms with Crippen molar-refractivity contribution in [2.24, 2.45) is 4.99 Å². The number of rotatable bonds is 6. The molecule has 74 valence electrons. The van der Waals surface area contributed by atoms with Gasteiger partial charge in [-0.25, -0.2) is 4.99 Å². The molecule has 0 saturated heterocycles. The van der Waals surface area contributed by atoms with Crippen molar-refractivity contribution >= 4 is 12.6 Å². The standard InChI is InChI=1S/C9H17N3O/c1-8(4-11-7-10)5-12-9(2)6-13-3/h4-5,7,9-10,12H,6H2,1-3H3/b8-5+,10-7?,11-4-/t9-/m1/s1. The normalized spacial score (nSPS) is 14.5. The van der Waals surface area contributed by atoms with Crippen molar-refractivity contribution in [1.29, 1.82) is 5.41 Å². The molecule has 0 aliphatic heterocycles. The number of aliphatic imine (C=N–C) groups is 1. The van der Waals surface area contributed by atoms with Gasteiger partial charge in [-0.3, -0.25) is 5.41 Å². The van der Waals surface area contributed by atoms with E-state index in [9.17, 15) is 0 Å². The lowest BCUT2D eigenvalue weighted by molar-refractivity contribution is 0.177. The van der Waals surface area contributed by atoms with Gasteiger partial charge in [0.1, 0.15) is 6.34 Å². The summed E-state index contributed by atoms with van der Waals surface area (Å²) >= 11 is 0. The van der Waals surface area contributed by atoms with Gasteiger partial charge in [0.2, 0.25) is 0 Å². The molecule has 0 aliphatic rings. The van der Waals surface area contributed by atoms with E-state index in [1.165, 1.54) is 0 Å². The quantitative estimate of drug-likeness (QED) is 0.480. The fourth-order valence-electron chi connectivity index (χ4n) is 0.764. The highest BCUT2D eigenvalue weighted by molar-refractivity contribution is 5.83. The van der Waals surface area contributed by atoms with Gasteiger partial charge in [-0.2, -0.15) is 0 Å². The monoisotopic (exact) mass is 183 g/mol. The molecule has 1 atom stereocenters. The Balaban J connectivity index is 3.81. The predicted molar refractivity (Wildman–Crippen MR) is 55.5 cm³/mol. The lowest BCUT2D eigenvalue weighted by Gasteiger charge is -2.09. The third-order valence-electron chi connectivity index (χ3n) is 1.36. The Labute approximate surface area is 79.2 Å². The molecule has 0 aliphatic carbocycles. The molecular formula is C9H17N3O. The van der Waals surface area contributed by atoms with E-state index in [0.717, 1.165) is 11.9 Å². The van der Waals surface area contributed by atoms with Crippen molar-refractivity contribution in [2.75, 3.05) is 13.7 Å². The SMILES string of the molecule is COC[C@@H](C)N/C=C(C)/C=N\C=N. The molecule has 0 spiro atoms. The van der Waals surface area contributed by atoms with Crippen LogP contribution in [0.25, 0.3) is 0 Å². The summed E-state index contributed by atoms with van der Waals surface area (Å²) in [5, 5.41) is 9.83. The Bertz CT molecular complexity index is 199. The van der Waals surface area contributed by atoms with Crippen LogP contribution in [-0.2, 0) is 4.74 Å². The first kappa shape index (κ1) is 11.8. The predicted octanol–water partition coefficient (Wildman–Crippen LogP) is 1.19. The molecule has 0 heterocycles. The molecule has 0 aromatic heterocycles. The highest BCUT2D eigenvalue weighted by atomic mass is 16.5. The average Bonchev–Trinajstić information content (AvgIpc) is 2.12. The second-order valence-corrected chi connectivity index (χ2v) is 2.82. The van der Waals surface area contributed by atoms with E-state index in [2.05, 4.69) is 10.3 Å². The van der Waals surface area contributed by atoms with Crippen LogP contribution in [0.1, 0.15) is 13.8 Å². The van der Waals surface area contributed by atoms with Crippen LogP contribution in [0.2, 0.25) is 0 Å². The number of allylic oxidation sites excluding steroid dienone is 1. The van der Waals surface area contributed by atoms with E-state index in [1.54, 1.807) is 13.3 Å². The van der Waals surface area contributed by atoms with Crippen LogP contribution < -0.4 is 5.32 Å². The van der Waals surface area contributed by atoms with Gasteiger partial charge in [-0.1, -0.05) is 0 Å². The smallest absolute Gasteiger partial charge is 0.106 e. The van der Waals surface area contributed by atoms with E-state index in [4.69, 9.17) is 10.1 Å². The van der Waals surface area contributed by atoms with Crippen LogP contribution >= 0.6 is 0 Å². The topological polar surface area (TPSA) is 57.5 Å². The number of hydrogen-bond donors (Lipinski definition) is 2. The molecule has 4 nitrogen and oxygen atoms in total. The highest BCUT2D eigenvalue weighted by Gasteiger charge is 1.95. The van der Waals surface area contributed by atoms with Crippen LogP contribution in [0.5, 0.6) is 0 Å². The van der Waals surface area contributed by atoms with Gasteiger partial charge in [-0.15, -0.1) is 0 Å².